The monoisotopic (exact) mass is 343 g/mol. The molecule has 74 valence electrons. The molecule has 0 bridgehead atoms. The van der Waals surface area contributed by atoms with Crippen LogP contribution in [0.4, 0.5) is 0 Å². The number of aromatic nitrogens is 1. The Morgan fingerprint density at radius 1 is 1.43 bits per heavy atom. The van der Waals surface area contributed by atoms with E-state index in [2.05, 4.69) is 4.98 Å². The number of hydrogen-bond donors (Lipinski definition) is 0. The number of rotatable bonds is 1. The lowest BCUT2D eigenvalue weighted by Crippen LogP contribution is -1.91. The molecule has 0 fully saturated rings. The molecule has 0 N–H and O–H groups in total. The smallest absolute Gasteiger partial charge is 0.263 e. The van der Waals surface area contributed by atoms with Gasteiger partial charge in [0.1, 0.15) is 10.4 Å². The summed E-state index contributed by atoms with van der Waals surface area (Å²) in [5, 5.41) is 0. The average Bonchev–Trinajstić information content (AvgIpc) is 2.41. The van der Waals surface area contributed by atoms with Crippen LogP contribution in [0.3, 0.4) is 0 Å². The van der Waals surface area contributed by atoms with Gasteiger partial charge in [0.15, 0.2) is 5.58 Å². The van der Waals surface area contributed by atoms with E-state index in [1.165, 1.54) is 6.07 Å². The van der Waals surface area contributed by atoms with Gasteiger partial charge < -0.3 is 4.42 Å². The summed E-state index contributed by atoms with van der Waals surface area (Å²) < 4.78 is 27.8. The SMILES string of the molecule is O=S(=O)(Cl)c1cccc2oc(I)nc12. The van der Waals surface area contributed by atoms with Crippen molar-refractivity contribution in [1.82, 2.24) is 4.98 Å². The van der Waals surface area contributed by atoms with Crippen molar-refractivity contribution in [2.45, 2.75) is 4.90 Å². The summed E-state index contributed by atoms with van der Waals surface area (Å²) in [6.45, 7) is 0. The lowest BCUT2D eigenvalue weighted by molar-refractivity contribution is 0.566. The van der Waals surface area contributed by atoms with Crippen molar-refractivity contribution in [2.24, 2.45) is 0 Å². The second-order valence-electron chi connectivity index (χ2n) is 2.51. The van der Waals surface area contributed by atoms with Gasteiger partial charge in [-0.2, -0.15) is 0 Å². The van der Waals surface area contributed by atoms with Gasteiger partial charge in [-0.15, -0.1) is 0 Å². The van der Waals surface area contributed by atoms with Gasteiger partial charge in [0, 0.05) is 33.3 Å². The molecule has 7 heteroatoms. The third-order valence-electron chi connectivity index (χ3n) is 1.62. The molecule has 0 amide bonds. The summed E-state index contributed by atoms with van der Waals surface area (Å²) in [7, 11) is 1.47. The second kappa shape index (κ2) is 3.35. The molecule has 0 saturated heterocycles. The first-order valence-corrected chi connectivity index (χ1v) is 6.87. The quantitative estimate of drug-likeness (QED) is 0.589. The van der Waals surface area contributed by atoms with Crippen LogP contribution < -0.4 is 0 Å². The number of halogens is 2. The largest absolute Gasteiger partial charge is 0.432 e. The molecule has 1 aromatic heterocycles. The van der Waals surface area contributed by atoms with Gasteiger partial charge in [-0.1, -0.05) is 6.07 Å². The van der Waals surface area contributed by atoms with E-state index in [1.807, 2.05) is 22.6 Å². The van der Waals surface area contributed by atoms with Crippen LogP contribution in [0.15, 0.2) is 27.5 Å². The molecule has 0 unspecified atom stereocenters. The Labute approximate surface area is 97.8 Å². The molecular weight excluding hydrogens is 341 g/mol. The molecule has 0 spiro atoms. The molecule has 0 aliphatic rings. The Bertz CT molecular complexity index is 592. The zero-order valence-corrected chi connectivity index (χ0v) is 10.3. The highest BCUT2D eigenvalue weighted by Gasteiger charge is 2.17. The fourth-order valence-electron chi connectivity index (χ4n) is 1.09. The Hall–Kier alpha value is -0.340. The third-order valence-corrected chi connectivity index (χ3v) is 3.43. The zero-order chi connectivity index (χ0) is 10.3. The molecular formula is C7H3ClINO3S. The first-order chi connectivity index (χ1) is 6.48. The molecule has 14 heavy (non-hydrogen) atoms. The summed E-state index contributed by atoms with van der Waals surface area (Å²) in [5.74, 6) is 0. The van der Waals surface area contributed by atoms with Gasteiger partial charge in [-0.05, 0) is 12.1 Å². The van der Waals surface area contributed by atoms with Crippen LogP contribution in [-0.4, -0.2) is 13.4 Å². The summed E-state index contributed by atoms with van der Waals surface area (Å²) in [6, 6.07) is 4.58. The molecule has 0 radical (unpaired) electrons. The minimum absolute atomic E-state index is 0.0247. The maximum atomic E-state index is 11.1. The first-order valence-electron chi connectivity index (χ1n) is 3.48. The van der Waals surface area contributed by atoms with E-state index in [-0.39, 0.29) is 10.4 Å². The van der Waals surface area contributed by atoms with Crippen molar-refractivity contribution in [3.63, 3.8) is 0 Å². The maximum absolute atomic E-state index is 11.1. The summed E-state index contributed by atoms with van der Waals surface area (Å²) >= 11 is 1.86. The highest BCUT2D eigenvalue weighted by molar-refractivity contribution is 14.1. The van der Waals surface area contributed by atoms with E-state index in [4.69, 9.17) is 15.1 Å². The van der Waals surface area contributed by atoms with Gasteiger partial charge >= 0.3 is 0 Å². The van der Waals surface area contributed by atoms with Crippen LogP contribution in [0, 0.1) is 3.90 Å². The van der Waals surface area contributed by atoms with Crippen molar-refractivity contribution in [1.29, 1.82) is 0 Å². The van der Waals surface area contributed by atoms with Crippen molar-refractivity contribution >= 4 is 53.4 Å². The second-order valence-corrected chi connectivity index (χ2v) is 5.96. The van der Waals surface area contributed by atoms with E-state index in [0.717, 1.165) is 0 Å². The lowest BCUT2D eigenvalue weighted by Gasteiger charge is -1.94. The molecule has 0 saturated carbocycles. The number of oxazole rings is 1. The Morgan fingerprint density at radius 3 is 2.79 bits per heavy atom. The number of nitrogens with zero attached hydrogens (tertiary/aromatic N) is 1. The molecule has 1 heterocycles. The van der Waals surface area contributed by atoms with E-state index < -0.39 is 9.05 Å². The Morgan fingerprint density at radius 2 is 2.14 bits per heavy atom. The van der Waals surface area contributed by atoms with Gasteiger partial charge in [-0.25, -0.2) is 13.4 Å². The highest BCUT2D eigenvalue weighted by atomic mass is 127. The molecule has 0 aliphatic heterocycles. The average molecular weight is 344 g/mol. The van der Waals surface area contributed by atoms with Crippen molar-refractivity contribution in [3.05, 3.63) is 22.1 Å². The fraction of sp³-hybridized carbons (Fsp3) is 0. The maximum Gasteiger partial charge on any atom is 0.263 e. The third kappa shape index (κ3) is 1.73. The number of fused-ring (bicyclic) bond motifs is 1. The van der Waals surface area contributed by atoms with E-state index in [1.54, 1.807) is 12.1 Å². The van der Waals surface area contributed by atoms with Crippen LogP contribution in [0.5, 0.6) is 0 Å². The first kappa shape index (κ1) is 10.2. The number of hydrogen-bond acceptors (Lipinski definition) is 4. The highest BCUT2D eigenvalue weighted by Crippen LogP contribution is 2.26. The number of para-hydroxylation sites is 1. The Kier molecular flexibility index (Phi) is 2.44. The minimum atomic E-state index is -3.77. The summed E-state index contributed by atoms with van der Waals surface area (Å²) in [5.41, 5.74) is 0.683. The standard InChI is InChI=1S/C7H3ClINO3S/c8-14(11,12)5-3-1-2-4-6(5)10-7(9)13-4/h1-3H. The topological polar surface area (TPSA) is 60.2 Å². The Balaban J connectivity index is 2.90. The van der Waals surface area contributed by atoms with Crippen LogP contribution in [-0.2, 0) is 9.05 Å². The van der Waals surface area contributed by atoms with Crippen LogP contribution in [0.2, 0.25) is 0 Å². The van der Waals surface area contributed by atoms with E-state index in [9.17, 15) is 8.42 Å². The predicted molar refractivity (Wildman–Crippen MR) is 59.8 cm³/mol. The van der Waals surface area contributed by atoms with Gasteiger partial charge in [0.2, 0.25) is 0 Å². The molecule has 2 aromatic rings. The van der Waals surface area contributed by atoms with Crippen LogP contribution in [0.1, 0.15) is 0 Å². The molecule has 4 nitrogen and oxygen atoms in total. The minimum Gasteiger partial charge on any atom is -0.432 e. The van der Waals surface area contributed by atoms with Gasteiger partial charge in [0.25, 0.3) is 12.9 Å². The predicted octanol–water partition coefficient (Wildman–Crippen LogP) is 2.36. The van der Waals surface area contributed by atoms with Crippen molar-refractivity contribution < 1.29 is 12.8 Å². The fourth-order valence-corrected chi connectivity index (χ4v) is 2.56. The molecule has 0 aliphatic carbocycles. The van der Waals surface area contributed by atoms with Crippen molar-refractivity contribution in [2.75, 3.05) is 0 Å². The van der Waals surface area contributed by atoms with Gasteiger partial charge in [0.05, 0.1) is 0 Å². The number of benzene rings is 1. The molecule has 0 atom stereocenters. The van der Waals surface area contributed by atoms with Gasteiger partial charge in [-0.3, -0.25) is 0 Å². The normalized spacial score (nSPS) is 12.1. The van der Waals surface area contributed by atoms with Crippen molar-refractivity contribution in [3.8, 4) is 0 Å². The molecule has 1 aromatic carbocycles. The van der Waals surface area contributed by atoms with Crippen LogP contribution >= 0.6 is 33.3 Å². The zero-order valence-electron chi connectivity index (χ0n) is 6.57. The van der Waals surface area contributed by atoms with E-state index in [0.29, 0.717) is 9.48 Å². The lowest BCUT2D eigenvalue weighted by atomic mass is 10.3. The summed E-state index contributed by atoms with van der Waals surface area (Å²) in [4.78, 5) is 3.91. The van der Waals surface area contributed by atoms with Crippen LogP contribution in [0.25, 0.3) is 11.1 Å². The molecule has 2 rings (SSSR count). The van der Waals surface area contributed by atoms with E-state index >= 15 is 0 Å². The summed E-state index contributed by atoms with van der Waals surface area (Å²) in [6.07, 6.45) is 0.